The molecule has 0 aromatic heterocycles. The summed E-state index contributed by atoms with van der Waals surface area (Å²) in [5.74, 6) is -2.03. The number of fused-ring (bicyclic) bond motifs is 5. The highest BCUT2D eigenvalue weighted by Crippen LogP contribution is 2.68. The second-order valence-corrected chi connectivity index (χ2v) is 11.0. The molecule has 4 aliphatic carbocycles. The third kappa shape index (κ3) is 3.65. The summed E-state index contributed by atoms with van der Waals surface area (Å²) in [5.41, 5.74) is -1.52. The van der Waals surface area contributed by atoms with Crippen LogP contribution in [0.25, 0.3) is 0 Å². The Morgan fingerprint density at radius 3 is 2.44 bits per heavy atom. The molecule has 0 aromatic rings. The van der Waals surface area contributed by atoms with Crippen molar-refractivity contribution in [2.45, 2.75) is 78.7 Å². The molecule has 7 heteroatoms. The highest BCUT2D eigenvalue weighted by Gasteiger charge is 2.72. The normalized spacial score (nSPS) is 38.1. The molecule has 0 unspecified atom stereocenters. The van der Waals surface area contributed by atoms with Crippen LogP contribution in [0, 0.1) is 28.6 Å². The van der Waals surface area contributed by atoms with E-state index in [-0.39, 0.29) is 48.6 Å². The van der Waals surface area contributed by atoms with E-state index < -0.39 is 40.8 Å². The monoisotopic (exact) mass is 496 g/mol. The molecular formula is C29H36O7. The summed E-state index contributed by atoms with van der Waals surface area (Å²) in [4.78, 5) is 64.6. The molecule has 0 aromatic carbocycles. The van der Waals surface area contributed by atoms with Gasteiger partial charge in [-0.2, -0.15) is 0 Å². The third-order valence-corrected chi connectivity index (χ3v) is 9.29. The summed E-state index contributed by atoms with van der Waals surface area (Å²) >= 11 is 0. The molecule has 194 valence electrons. The van der Waals surface area contributed by atoms with Crippen molar-refractivity contribution in [2.24, 2.45) is 28.6 Å². The minimum atomic E-state index is -1.66. The number of carbonyl (C=O) groups is 5. The van der Waals surface area contributed by atoms with Gasteiger partial charge in [-0.15, -0.1) is 0 Å². The first-order valence-corrected chi connectivity index (χ1v) is 13.0. The van der Waals surface area contributed by atoms with Gasteiger partial charge in [-0.3, -0.25) is 24.0 Å². The summed E-state index contributed by atoms with van der Waals surface area (Å²) in [6.07, 6.45) is 9.11. The largest absolute Gasteiger partial charge is 0.457 e. The molecule has 0 saturated heterocycles. The number of carbonyl (C=O) groups excluding carboxylic acids is 5. The van der Waals surface area contributed by atoms with Crippen molar-refractivity contribution in [1.82, 2.24) is 0 Å². The van der Waals surface area contributed by atoms with Crippen LogP contribution in [0.5, 0.6) is 0 Å². The number of ketones is 3. The maximum Gasteiger partial charge on any atom is 0.306 e. The molecule has 0 aliphatic heterocycles. The fourth-order valence-electron chi connectivity index (χ4n) is 7.56. The fourth-order valence-corrected chi connectivity index (χ4v) is 7.56. The van der Waals surface area contributed by atoms with Crippen LogP contribution < -0.4 is 0 Å². The molecule has 4 aliphatic rings. The summed E-state index contributed by atoms with van der Waals surface area (Å²) in [6, 6.07) is 0. The number of Topliss-reactive ketones (excluding diaryl/α,β-unsaturated/α-hetero) is 2. The van der Waals surface area contributed by atoms with Gasteiger partial charge in [-0.25, -0.2) is 0 Å². The Kier molecular flexibility index (Phi) is 6.73. The van der Waals surface area contributed by atoms with Gasteiger partial charge in [0.1, 0.15) is 5.78 Å². The molecule has 0 N–H and O–H groups in total. The molecule has 36 heavy (non-hydrogen) atoms. The Hall–Kier alpha value is -2.83. The molecule has 3 fully saturated rings. The molecule has 0 spiro atoms. The van der Waals surface area contributed by atoms with Gasteiger partial charge in [0.05, 0.1) is 0 Å². The zero-order valence-electron chi connectivity index (χ0n) is 21.8. The average molecular weight is 497 g/mol. The minimum Gasteiger partial charge on any atom is -0.457 e. The van der Waals surface area contributed by atoms with Crippen LogP contribution in [0.4, 0.5) is 0 Å². The van der Waals surface area contributed by atoms with Gasteiger partial charge in [-0.05, 0) is 55.7 Å². The van der Waals surface area contributed by atoms with Gasteiger partial charge in [0.15, 0.2) is 12.4 Å². The zero-order valence-corrected chi connectivity index (χ0v) is 21.8. The Labute approximate surface area is 212 Å². The first-order valence-electron chi connectivity index (χ1n) is 13.0. The predicted octanol–water partition coefficient (Wildman–Crippen LogP) is 4.24. The maximum atomic E-state index is 14.0. The van der Waals surface area contributed by atoms with Gasteiger partial charge in [-0.1, -0.05) is 45.4 Å². The van der Waals surface area contributed by atoms with Gasteiger partial charge in [0, 0.05) is 36.0 Å². The second-order valence-electron chi connectivity index (χ2n) is 11.0. The molecular weight excluding hydrogens is 460 g/mol. The zero-order chi connectivity index (χ0) is 26.5. The molecule has 4 rings (SSSR count). The number of allylic oxidation sites excluding steroid dienone is 5. The van der Waals surface area contributed by atoms with E-state index in [1.165, 1.54) is 0 Å². The lowest BCUT2D eigenvalue weighted by atomic mass is 9.46. The van der Waals surface area contributed by atoms with Crippen molar-refractivity contribution < 1.29 is 33.4 Å². The first kappa shape index (κ1) is 26.2. The van der Waals surface area contributed by atoms with E-state index in [1.54, 1.807) is 26.0 Å². The van der Waals surface area contributed by atoms with Crippen LogP contribution in [0.3, 0.4) is 0 Å². The molecule has 3 saturated carbocycles. The Bertz CT molecular complexity index is 1110. The number of rotatable bonds is 6. The maximum absolute atomic E-state index is 14.0. The van der Waals surface area contributed by atoms with E-state index in [2.05, 4.69) is 0 Å². The number of ether oxygens (including phenoxy) is 2. The summed E-state index contributed by atoms with van der Waals surface area (Å²) in [5, 5.41) is 0. The number of hydrogen-bond donors (Lipinski definition) is 0. The van der Waals surface area contributed by atoms with Crippen LogP contribution in [-0.2, 0) is 33.4 Å². The van der Waals surface area contributed by atoms with Crippen molar-refractivity contribution >= 4 is 29.3 Å². The highest BCUT2D eigenvalue weighted by atomic mass is 16.6. The standard InChI is InChI=1S/C29H36O7/c1-6-17-14-21-20-10-9-18-13-19(30)11-12-27(18,4)26(20)22(31)15-28(21,5)29(17,36-25(34)8-3)23(32)16-35-24(33)7-2/h6,11-13,20-21,26H,7-10,14-16H2,1-5H3/t20-,21-,26+,27-,28-,29+/m0/s1. The van der Waals surface area contributed by atoms with Crippen molar-refractivity contribution in [3.8, 4) is 0 Å². The van der Waals surface area contributed by atoms with Gasteiger partial charge in [0.25, 0.3) is 0 Å². The predicted molar refractivity (Wildman–Crippen MR) is 132 cm³/mol. The summed E-state index contributed by atoms with van der Waals surface area (Å²) in [7, 11) is 0. The molecule has 0 heterocycles. The summed E-state index contributed by atoms with van der Waals surface area (Å²) < 4.78 is 11.3. The van der Waals surface area contributed by atoms with Gasteiger partial charge < -0.3 is 9.47 Å². The number of esters is 2. The molecule has 0 bridgehead atoms. The lowest BCUT2D eigenvalue weighted by molar-refractivity contribution is -0.187. The van der Waals surface area contributed by atoms with Crippen LogP contribution >= 0.6 is 0 Å². The van der Waals surface area contributed by atoms with E-state index >= 15 is 0 Å². The van der Waals surface area contributed by atoms with E-state index in [9.17, 15) is 24.0 Å². The van der Waals surface area contributed by atoms with Gasteiger partial charge >= 0.3 is 11.9 Å². The first-order chi connectivity index (χ1) is 17.0. The molecule has 0 radical (unpaired) electrons. The average Bonchev–Trinajstić information content (AvgIpc) is 3.10. The van der Waals surface area contributed by atoms with Crippen molar-refractivity contribution in [2.75, 3.05) is 6.61 Å². The van der Waals surface area contributed by atoms with Crippen molar-refractivity contribution in [3.05, 3.63) is 35.5 Å². The Balaban J connectivity index is 1.81. The lowest BCUT2D eigenvalue weighted by Gasteiger charge is -2.56. The highest BCUT2D eigenvalue weighted by molar-refractivity contribution is 6.02. The third-order valence-electron chi connectivity index (χ3n) is 9.29. The van der Waals surface area contributed by atoms with Crippen LogP contribution in [0.15, 0.2) is 35.5 Å². The molecule has 6 atom stereocenters. The second kappa shape index (κ2) is 9.24. The SMILES string of the molecule is CC=C1C[C@H]2[C@@H]3CCC4=CC(=O)C=C[C@]4(C)[C@H]3C(=O)C[C@]2(C)[C@]1(OC(=O)CC)C(=O)COC(=O)CC. The van der Waals surface area contributed by atoms with Crippen LogP contribution in [0.2, 0.25) is 0 Å². The quantitative estimate of drug-likeness (QED) is 0.400. The Morgan fingerprint density at radius 2 is 1.81 bits per heavy atom. The van der Waals surface area contributed by atoms with Crippen LogP contribution in [0.1, 0.15) is 73.1 Å². The Morgan fingerprint density at radius 1 is 1.11 bits per heavy atom. The molecule has 7 nitrogen and oxygen atoms in total. The summed E-state index contributed by atoms with van der Waals surface area (Å²) in [6.45, 7) is 8.53. The van der Waals surface area contributed by atoms with E-state index in [0.29, 0.717) is 24.8 Å². The van der Waals surface area contributed by atoms with Crippen molar-refractivity contribution in [1.29, 1.82) is 0 Å². The van der Waals surface area contributed by atoms with Crippen molar-refractivity contribution in [3.63, 3.8) is 0 Å². The van der Waals surface area contributed by atoms with E-state index in [1.807, 2.05) is 32.9 Å². The van der Waals surface area contributed by atoms with Gasteiger partial charge in [0.2, 0.25) is 11.4 Å². The smallest absolute Gasteiger partial charge is 0.306 e. The molecule has 0 amide bonds. The lowest BCUT2D eigenvalue weighted by Crippen LogP contribution is -2.62. The fraction of sp³-hybridized carbons (Fsp3) is 0.621. The van der Waals surface area contributed by atoms with E-state index in [4.69, 9.17) is 9.47 Å². The van der Waals surface area contributed by atoms with Crippen LogP contribution in [-0.4, -0.2) is 41.5 Å². The van der Waals surface area contributed by atoms with E-state index in [0.717, 1.165) is 5.57 Å². The minimum absolute atomic E-state index is 0.0125. The topological polar surface area (TPSA) is 104 Å². The number of hydrogen-bond acceptors (Lipinski definition) is 7.